The Balaban J connectivity index is 2.06. The zero-order valence-corrected chi connectivity index (χ0v) is 15.1. The summed E-state index contributed by atoms with van der Waals surface area (Å²) in [5.74, 6) is 1.93. The summed E-state index contributed by atoms with van der Waals surface area (Å²) in [6.45, 7) is 6.31. The number of rotatable bonds is 8. The van der Waals surface area contributed by atoms with Crippen LogP contribution in [-0.4, -0.2) is 32.4 Å². The Kier molecular flexibility index (Phi) is 6.38. The van der Waals surface area contributed by atoms with Gasteiger partial charge in [0.15, 0.2) is 11.5 Å². The molecule has 2 unspecified atom stereocenters. The van der Waals surface area contributed by atoms with Gasteiger partial charge in [0.05, 0.1) is 6.20 Å². The van der Waals surface area contributed by atoms with Crippen molar-refractivity contribution in [1.29, 1.82) is 5.41 Å². The van der Waals surface area contributed by atoms with Crippen LogP contribution in [0, 0.1) is 12.3 Å². The molecule has 0 spiro atoms. The lowest BCUT2D eigenvalue weighted by molar-refractivity contribution is 0.288. The molecule has 0 bridgehead atoms. The van der Waals surface area contributed by atoms with Gasteiger partial charge >= 0.3 is 0 Å². The van der Waals surface area contributed by atoms with Crippen LogP contribution in [0.3, 0.4) is 0 Å². The van der Waals surface area contributed by atoms with Crippen LogP contribution in [0.15, 0.2) is 17.8 Å². The molecule has 128 valence electrons. The van der Waals surface area contributed by atoms with E-state index in [2.05, 4.69) is 28.7 Å². The van der Waals surface area contributed by atoms with E-state index in [4.69, 9.17) is 11.1 Å². The fraction of sp³-hybridized carbons (Fsp3) is 0.625. The van der Waals surface area contributed by atoms with Gasteiger partial charge < -0.3 is 20.5 Å². The first-order chi connectivity index (χ1) is 11.0. The molecule has 0 radical (unpaired) electrons. The number of anilines is 1. The van der Waals surface area contributed by atoms with Crippen molar-refractivity contribution in [3.8, 4) is 0 Å². The highest BCUT2D eigenvalue weighted by Crippen LogP contribution is 2.33. The molecule has 0 aromatic carbocycles. The Hall–Kier alpha value is -1.63. The standard InChI is InChI=1S/C16H28N6S/c1-4-5-6-7-8-12(2)22(15(17)18)16-21(9-10-23-16)14-11-19-13(3)20-14/h9-12,16H,4-8H2,1-3H3,(H3,17,18)(H,19,20). The number of nitrogens with one attached hydrogen (secondary N) is 2. The Morgan fingerprint density at radius 1 is 1.52 bits per heavy atom. The first kappa shape index (κ1) is 17.7. The molecule has 1 aromatic rings. The van der Waals surface area contributed by atoms with Crippen LogP contribution >= 0.6 is 11.8 Å². The summed E-state index contributed by atoms with van der Waals surface area (Å²) in [5, 5.41) is 10.1. The molecule has 2 heterocycles. The molecule has 0 fully saturated rings. The molecule has 1 aliphatic heterocycles. The number of aromatic nitrogens is 2. The first-order valence-electron chi connectivity index (χ1n) is 8.29. The zero-order valence-electron chi connectivity index (χ0n) is 14.2. The lowest BCUT2D eigenvalue weighted by atomic mass is 10.1. The number of nitrogens with two attached hydrogens (primary N) is 1. The lowest BCUT2D eigenvalue weighted by Gasteiger charge is -2.38. The van der Waals surface area contributed by atoms with Crippen LogP contribution < -0.4 is 10.6 Å². The van der Waals surface area contributed by atoms with E-state index < -0.39 is 0 Å². The third-order valence-electron chi connectivity index (χ3n) is 4.09. The maximum absolute atomic E-state index is 8.03. The predicted molar refractivity (Wildman–Crippen MR) is 98.3 cm³/mol. The van der Waals surface area contributed by atoms with E-state index >= 15 is 0 Å². The summed E-state index contributed by atoms with van der Waals surface area (Å²) in [6, 6.07) is 0.230. The Morgan fingerprint density at radius 2 is 2.30 bits per heavy atom. The van der Waals surface area contributed by atoms with Gasteiger partial charge in [-0.15, -0.1) is 0 Å². The van der Waals surface area contributed by atoms with Crippen molar-refractivity contribution in [1.82, 2.24) is 14.9 Å². The monoisotopic (exact) mass is 336 g/mol. The molecule has 0 saturated heterocycles. The number of unbranched alkanes of at least 4 members (excludes halogenated alkanes) is 3. The fourth-order valence-electron chi connectivity index (χ4n) is 2.83. The van der Waals surface area contributed by atoms with Gasteiger partial charge in [-0.05, 0) is 25.7 Å². The number of aromatic amines is 1. The van der Waals surface area contributed by atoms with E-state index in [9.17, 15) is 0 Å². The molecule has 1 aliphatic rings. The van der Waals surface area contributed by atoms with Crippen LogP contribution in [-0.2, 0) is 0 Å². The van der Waals surface area contributed by atoms with Crippen LogP contribution in [0.4, 0.5) is 5.82 Å². The highest BCUT2D eigenvalue weighted by Gasteiger charge is 2.32. The van der Waals surface area contributed by atoms with Crippen molar-refractivity contribution in [2.24, 2.45) is 5.73 Å². The number of imidazole rings is 1. The Labute approximate surface area is 143 Å². The molecule has 0 aliphatic carbocycles. The summed E-state index contributed by atoms with van der Waals surface area (Å²) >= 11 is 1.67. The smallest absolute Gasteiger partial charge is 0.190 e. The number of aryl methyl sites for hydroxylation is 1. The second-order valence-electron chi connectivity index (χ2n) is 6.00. The van der Waals surface area contributed by atoms with Crippen molar-refractivity contribution in [2.75, 3.05) is 4.90 Å². The summed E-state index contributed by atoms with van der Waals surface area (Å²) in [4.78, 5) is 11.6. The predicted octanol–water partition coefficient (Wildman–Crippen LogP) is 3.58. The number of hydrogen-bond donors (Lipinski definition) is 3. The van der Waals surface area contributed by atoms with Crippen LogP contribution in [0.1, 0.15) is 51.8 Å². The molecular weight excluding hydrogens is 308 g/mol. The Bertz CT molecular complexity index is 540. The molecule has 4 N–H and O–H groups in total. The first-order valence-corrected chi connectivity index (χ1v) is 9.23. The van der Waals surface area contributed by atoms with Crippen LogP contribution in [0.2, 0.25) is 0 Å². The lowest BCUT2D eigenvalue weighted by Crippen LogP contribution is -2.52. The van der Waals surface area contributed by atoms with Crippen molar-refractivity contribution in [2.45, 2.75) is 64.4 Å². The van der Waals surface area contributed by atoms with E-state index in [1.165, 1.54) is 25.7 Å². The van der Waals surface area contributed by atoms with Gasteiger partial charge in [-0.2, -0.15) is 0 Å². The average Bonchev–Trinajstić information content (AvgIpc) is 3.12. The fourth-order valence-corrected chi connectivity index (χ4v) is 3.94. The average molecular weight is 337 g/mol. The van der Waals surface area contributed by atoms with Gasteiger partial charge in [0, 0.05) is 12.2 Å². The van der Waals surface area contributed by atoms with Gasteiger partial charge in [-0.1, -0.05) is 44.4 Å². The van der Waals surface area contributed by atoms with Gasteiger partial charge in [0.25, 0.3) is 0 Å². The van der Waals surface area contributed by atoms with Gasteiger partial charge in [-0.3, -0.25) is 5.41 Å². The SMILES string of the molecule is CCCCCCC(C)N(C(=N)N)C1SC=CN1c1cnc(C)[nH]1. The van der Waals surface area contributed by atoms with Gasteiger partial charge in [0.1, 0.15) is 11.6 Å². The summed E-state index contributed by atoms with van der Waals surface area (Å²) < 4.78 is 0. The van der Waals surface area contributed by atoms with Crippen LogP contribution in [0.25, 0.3) is 0 Å². The highest BCUT2D eigenvalue weighted by molar-refractivity contribution is 8.03. The topological polar surface area (TPSA) is 85.0 Å². The third kappa shape index (κ3) is 4.43. The summed E-state index contributed by atoms with van der Waals surface area (Å²) in [5.41, 5.74) is 5.88. The molecule has 23 heavy (non-hydrogen) atoms. The molecule has 6 nitrogen and oxygen atoms in total. The summed E-state index contributed by atoms with van der Waals surface area (Å²) in [7, 11) is 0. The van der Waals surface area contributed by atoms with E-state index in [0.29, 0.717) is 0 Å². The number of H-pyrrole nitrogens is 1. The zero-order chi connectivity index (χ0) is 16.8. The van der Waals surface area contributed by atoms with Gasteiger partial charge in [-0.25, -0.2) is 4.98 Å². The minimum Gasteiger partial charge on any atom is -0.370 e. The molecule has 7 heteroatoms. The maximum atomic E-state index is 8.03. The third-order valence-corrected chi connectivity index (χ3v) is 5.07. The summed E-state index contributed by atoms with van der Waals surface area (Å²) in [6.07, 6.45) is 9.81. The number of hydrogen-bond acceptors (Lipinski definition) is 4. The quantitative estimate of drug-likeness (QED) is 0.384. The van der Waals surface area contributed by atoms with E-state index in [0.717, 1.165) is 18.1 Å². The highest BCUT2D eigenvalue weighted by atomic mass is 32.2. The number of thioether (sulfide) groups is 1. The maximum Gasteiger partial charge on any atom is 0.190 e. The molecule has 1 aromatic heterocycles. The second-order valence-corrected chi connectivity index (χ2v) is 6.97. The van der Waals surface area contributed by atoms with Crippen molar-refractivity contribution in [3.63, 3.8) is 0 Å². The van der Waals surface area contributed by atoms with E-state index in [-0.39, 0.29) is 17.5 Å². The van der Waals surface area contributed by atoms with Crippen LogP contribution in [0.5, 0.6) is 0 Å². The molecule has 2 rings (SSSR count). The van der Waals surface area contributed by atoms with Crippen molar-refractivity contribution >= 4 is 23.5 Å². The van der Waals surface area contributed by atoms with Gasteiger partial charge in [0.2, 0.25) is 0 Å². The second kappa shape index (κ2) is 8.29. The molecule has 0 saturated carbocycles. The normalized spacial score (nSPS) is 18.4. The largest absolute Gasteiger partial charge is 0.370 e. The number of guanidine groups is 1. The van der Waals surface area contributed by atoms with Crippen molar-refractivity contribution < 1.29 is 0 Å². The Morgan fingerprint density at radius 3 is 2.91 bits per heavy atom. The molecule has 0 amide bonds. The molecular formula is C16H28N6S. The van der Waals surface area contributed by atoms with E-state index in [1.807, 2.05) is 29.6 Å². The molecule has 2 atom stereocenters. The minimum atomic E-state index is -0.0338. The number of nitrogens with zero attached hydrogens (tertiary/aromatic N) is 3. The van der Waals surface area contributed by atoms with E-state index in [1.54, 1.807) is 11.8 Å². The minimum absolute atomic E-state index is 0.0338. The van der Waals surface area contributed by atoms with Crippen molar-refractivity contribution in [3.05, 3.63) is 23.6 Å².